The summed E-state index contributed by atoms with van der Waals surface area (Å²) in [5.41, 5.74) is -0.179. The van der Waals surface area contributed by atoms with Crippen LogP contribution in [0.3, 0.4) is 0 Å². The quantitative estimate of drug-likeness (QED) is 0.709. The molecule has 1 aromatic heterocycles. The van der Waals surface area contributed by atoms with Gasteiger partial charge in [0.15, 0.2) is 0 Å². The van der Waals surface area contributed by atoms with Crippen molar-refractivity contribution in [3.8, 4) is 5.69 Å². The van der Waals surface area contributed by atoms with Gasteiger partial charge < -0.3 is 0 Å². The van der Waals surface area contributed by atoms with Crippen molar-refractivity contribution in [3.05, 3.63) is 90.2 Å². The number of rotatable bonds is 4. The molecule has 1 N–H and O–H groups in total. The number of halogens is 3. The molecule has 0 fully saturated rings. The summed E-state index contributed by atoms with van der Waals surface area (Å²) < 4.78 is 15.0. The summed E-state index contributed by atoms with van der Waals surface area (Å²) in [4.78, 5) is 25.1. The number of hydrogen-bond acceptors (Lipinski definition) is 3. The lowest BCUT2D eigenvalue weighted by Gasteiger charge is -2.15. The average molecular weight is 408 g/mol. The summed E-state index contributed by atoms with van der Waals surface area (Å²) in [5.74, 6) is 0. The molecule has 0 saturated heterocycles. The van der Waals surface area contributed by atoms with E-state index in [2.05, 4.69) is 10.1 Å². The van der Waals surface area contributed by atoms with Gasteiger partial charge in [0.05, 0.1) is 5.69 Å². The number of alkyl halides is 1. The summed E-state index contributed by atoms with van der Waals surface area (Å²) >= 11 is 12.7. The van der Waals surface area contributed by atoms with Crippen LogP contribution in [-0.2, 0) is 12.1 Å². The van der Waals surface area contributed by atoms with Gasteiger partial charge in [-0.05, 0) is 42.7 Å². The molecule has 5 nitrogen and oxygen atoms in total. The van der Waals surface area contributed by atoms with E-state index in [9.17, 15) is 14.0 Å². The molecule has 0 saturated carbocycles. The predicted molar refractivity (Wildman–Crippen MR) is 104 cm³/mol. The van der Waals surface area contributed by atoms with Gasteiger partial charge in [0.2, 0.25) is 0 Å². The van der Waals surface area contributed by atoms with Gasteiger partial charge in [0.25, 0.3) is 5.56 Å². The van der Waals surface area contributed by atoms with Gasteiger partial charge in [-0.1, -0.05) is 47.5 Å². The second-order valence-electron chi connectivity index (χ2n) is 6.58. The third kappa shape index (κ3) is 4.28. The van der Waals surface area contributed by atoms with Crippen LogP contribution in [0, 0.1) is 0 Å². The second-order valence-corrected chi connectivity index (χ2v) is 7.40. The van der Waals surface area contributed by atoms with Crippen molar-refractivity contribution in [2.24, 2.45) is 0 Å². The smallest absolute Gasteiger partial charge is 0.271 e. The lowest BCUT2D eigenvalue weighted by Crippen LogP contribution is -2.30. The van der Waals surface area contributed by atoms with E-state index < -0.39 is 16.9 Å². The molecule has 0 spiro atoms. The second kappa shape index (κ2) is 7.29. The zero-order valence-electron chi connectivity index (χ0n) is 14.6. The van der Waals surface area contributed by atoms with Crippen molar-refractivity contribution >= 4 is 23.2 Å². The highest BCUT2D eigenvalue weighted by molar-refractivity contribution is 6.36. The molecule has 140 valence electrons. The number of hydrogen-bond donors (Lipinski definition) is 1. The molecular weight excluding hydrogens is 392 g/mol. The van der Waals surface area contributed by atoms with Gasteiger partial charge >= 0.3 is 5.69 Å². The molecule has 0 aliphatic heterocycles. The molecule has 2 aromatic carbocycles. The van der Waals surface area contributed by atoms with Crippen LogP contribution >= 0.6 is 23.2 Å². The molecule has 0 aliphatic rings. The first-order valence-corrected chi connectivity index (χ1v) is 8.86. The highest BCUT2D eigenvalue weighted by Gasteiger charge is 2.18. The Kier molecular flexibility index (Phi) is 5.22. The number of aromatic amines is 1. The fourth-order valence-electron chi connectivity index (χ4n) is 2.64. The molecule has 0 radical (unpaired) electrons. The van der Waals surface area contributed by atoms with Crippen molar-refractivity contribution in [3.63, 3.8) is 0 Å². The van der Waals surface area contributed by atoms with Gasteiger partial charge in [0, 0.05) is 16.5 Å². The van der Waals surface area contributed by atoms with E-state index in [0.29, 0.717) is 33.3 Å². The number of nitrogens with zero attached hydrogens (tertiary/aromatic N) is 2. The Morgan fingerprint density at radius 1 is 1.11 bits per heavy atom. The fraction of sp³-hybridized carbons (Fsp3) is 0.211. The Morgan fingerprint density at radius 3 is 2.22 bits per heavy atom. The van der Waals surface area contributed by atoms with E-state index in [-0.39, 0.29) is 0 Å². The summed E-state index contributed by atoms with van der Waals surface area (Å²) in [6.07, 6.45) is 1.43. The van der Waals surface area contributed by atoms with Crippen LogP contribution in [-0.4, -0.2) is 14.8 Å². The molecule has 0 atom stereocenters. The van der Waals surface area contributed by atoms with Crippen molar-refractivity contribution in [2.75, 3.05) is 0 Å². The lowest BCUT2D eigenvalue weighted by atomic mass is 9.97. The minimum absolute atomic E-state index is 0.338. The van der Waals surface area contributed by atoms with E-state index >= 15 is 0 Å². The van der Waals surface area contributed by atoms with Gasteiger partial charge in [0.1, 0.15) is 11.9 Å². The zero-order chi connectivity index (χ0) is 19.8. The molecule has 0 aliphatic carbocycles. The molecule has 0 bridgehead atoms. The molecule has 3 aromatic rings. The third-order valence-electron chi connectivity index (χ3n) is 4.10. The molecule has 3 rings (SSSR count). The number of benzene rings is 2. The summed E-state index contributed by atoms with van der Waals surface area (Å²) in [6, 6.07) is 10.2. The Bertz CT molecular complexity index is 1080. The molecule has 27 heavy (non-hydrogen) atoms. The van der Waals surface area contributed by atoms with E-state index in [0.717, 1.165) is 16.4 Å². The average Bonchev–Trinajstić information content (AvgIpc) is 2.57. The Balaban J connectivity index is 1.94. The molecule has 0 unspecified atom stereocenters. The largest absolute Gasteiger partial charge is 0.349 e. The van der Waals surface area contributed by atoms with Crippen molar-refractivity contribution in [2.45, 2.75) is 25.9 Å². The lowest BCUT2D eigenvalue weighted by molar-refractivity contribution is 0.221. The van der Waals surface area contributed by atoms with Gasteiger partial charge in [-0.15, -0.1) is 0 Å². The van der Waals surface area contributed by atoms with Crippen LogP contribution in [0.2, 0.25) is 10.0 Å². The number of aromatic nitrogens is 3. The fourth-order valence-corrected chi connectivity index (χ4v) is 3.25. The molecule has 8 heteroatoms. The van der Waals surface area contributed by atoms with Crippen molar-refractivity contribution in [1.82, 2.24) is 14.8 Å². The van der Waals surface area contributed by atoms with E-state index in [1.54, 1.807) is 24.3 Å². The Morgan fingerprint density at radius 2 is 1.70 bits per heavy atom. The maximum Gasteiger partial charge on any atom is 0.349 e. The zero-order valence-corrected chi connectivity index (χ0v) is 16.1. The first-order chi connectivity index (χ1) is 12.6. The van der Waals surface area contributed by atoms with E-state index in [1.165, 1.54) is 13.8 Å². The molecule has 0 amide bonds. The van der Waals surface area contributed by atoms with E-state index in [1.807, 2.05) is 12.1 Å². The first-order valence-electron chi connectivity index (χ1n) is 8.10. The summed E-state index contributed by atoms with van der Waals surface area (Å²) in [5, 5.41) is 4.49. The molecule has 1 heterocycles. The predicted octanol–water partition coefficient (Wildman–Crippen LogP) is 4.02. The van der Waals surface area contributed by atoms with Crippen LogP contribution in [0.4, 0.5) is 4.39 Å². The van der Waals surface area contributed by atoms with Crippen LogP contribution in [0.5, 0.6) is 0 Å². The van der Waals surface area contributed by atoms with Crippen molar-refractivity contribution in [1.29, 1.82) is 0 Å². The highest BCUT2D eigenvalue weighted by Crippen LogP contribution is 2.31. The van der Waals surface area contributed by atoms with Crippen LogP contribution in [0.15, 0.2) is 52.2 Å². The SMILES string of the molecule is CC(C)(F)c1ccc(Cc2c(Cl)cc(-n3ncc(=O)[nH]c3=O)cc2Cl)cc1. The number of H-pyrrole nitrogens is 1. The van der Waals surface area contributed by atoms with Gasteiger partial charge in [-0.3, -0.25) is 9.78 Å². The minimum atomic E-state index is -1.41. The van der Waals surface area contributed by atoms with Gasteiger partial charge in [-0.2, -0.15) is 9.78 Å². The maximum absolute atomic E-state index is 14.0. The number of nitrogens with one attached hydrogen (secondary N) is 1. The Labute approximate surface area is 164 Å². The summed E-state index contributed by atoms with van der Waals surface area (Å²) in [7, 11) is 0. The third-order valence-corrected chi connectivity index (χ3v) is 4.78. The highest BCUT2D eigenvalue weighted by atomic mass is 35.5. The standard InChI is InChI=1S/C19H16Cl2FN3O2/c1-19(2,22)12-5-3-11(4-6-12)7-14-15(20)8-13(9-16(14)21)25-18(27)24-17(26)10-23-25/h3-6,8-10H,7H2,1-2H3,(H,24,26,27). The van der Waals surface area contributed by atoms with Crippen LogP contribution in [0.1, 0.15) is 30.5 Å². The summed E-state index contributed by atoms with van der Waals surface area (Å²) in [6.45, 7) is 3.00. The maximum atomic E-state index is 14.0. The monoisotopic (exact) mass is 407 g/mol. The van der Waals surface area contributed by atoms with E-state index in [4.69, 9.17) is 23.2 Å². The van der Waals surface area contributed by atoms with Crippen LogP contribution in [0.25, 0.3) is 5.69 Å². The topological polar surface area (TPSA) is 67.8 Å². The normalized spacial score (nSPS) is 11.6. The molecular formula is C19H16Cl2FN3O2. The Hall–Kier alpha value is -2.44. The van der Waals surface area contributed by atoms with Crippen LogP contribution < -0.4 is 11.2 Å². The first kappa shape index (κ1) is 19.3. The minimum Gasteiger partial charge on any atom is -0.271 e. The van der Waals surface area contributed by atoms with Crippen molar-refractivity contribution < 1.29 is 4.39 Å². The van der Waals surface area contributed by atoms with Gasteiger partial charge in [-0.25, -0.2) is 9.18 Å².